The number of nitrogens with zero attached hydrogens (tertiary/aromatic N) is 1. The van der Waals surface area contributed by atoms with Crippen molar-refractivity contribution in [3.8, 4) is 6.07 Å². The van der Waals surface area contributed by atoms with E-state index in [1.807, 2.05) is 0 Å². The monoisotopic (exact) mass is 203 g/mol. The van der Waals surface area contributed by atoms with Gasteiger partial charge in [-0.05, 0) is 0 Å². The third kappa shape index (κ3) is 2.42. The van der Waals surface area contributed by atoms with Gasteiger partial charge in [-0.25, -0.2) is 14.0 Å². The van der Waals surface area contributed by atoms with Crippen LogP contribution in [0.3, 0.4) is 0 Å². The summed E-state index contributed by atoms with van der Waals surface area (Å²) >= 11 is 0. The lowest BCUT2D eigenvalue weighted by atomic mass is 10.0. The van der Waals surface area contributed by atoms with Crippen molar-refractivity contribution in [2.24, 2.45) is 0 Å². The fraction of sp³-hybridized carbons (Fsp3) is 0.625. The number of rotatable bonds is 4. The largest absolute Gasteiger partial charge is 0.466 e. The lowest BCUT2D eigenvalue weighted by Gasteiger charge is -2.17. The molecule has 0 aromatic rings. The minimum absolute atomic E-state index is 0.277. The summed E-state index contributed by atoms with van der Waals surface area (Å²) in [5, 5.41) is 8.22. The van der Waals surface area contributed by atoms with Crippen LogP contribution in [0, 0.1) is 11.3 Å². The van der Waals surface area contributed by atoms with E-state index in [9.17, 15) is 14.0 Å². The Bertz CT molecular complexity index is 255. The number of halogens is 1. The van der Waals surface area contributed by atoms with Crippen molar-refractivity contribution >= 4 is 11.9 Å². The Kier molecular flexibility index (Phi) is 4.56. The molecule has 0 fully saturated rings. The van der Waals surface area contributed by atoms with Gasteiger partial charge in [-0.15, -0.1) is 0 Å². The maximum atomic E-state index is 13.7. The first kappa shape index (κ1) is 12.4. The molecule has 0 N–H and O–H groups in total. The molecule has 0 aliphatic heterocycles. The average molecular weight is 203 g/mol. The van der Waals surface area contributed by atoms with E-state index >= 15 is 0 Å². The fourth-order valence-electron chi connectivity index (χ4n) is 0.839. The number of hydrogen-bond acceptors (Lipinski definition) is 5. The van der Waals surface area contributed by atoms with E-state index in [1.54, 1.807) is 6.07 Å². The van der Waals surface area contributed by atoms with Crippen LogP contribution < -0.4 is 0 Å². The molecule has 0 atom stereocenters. The molecule has 0 saturated heterocycles. The summed E-state index contributed by atoms with van der Waals surface area (Å²) in [6.45, 7) is 0. The second-order valence-electron chi connectivity index (χ2n) is 2.44. The van der Waals surface area contributed by atoms with Crippen LogP contribution >= 0.6 is 0 Å². The molecule has 0 amide bonds. The molecular formula is C8H10FNO4. The summed E-state index contributed by atoms with van der Waals surface area (Å²) < 4.78 is 21.9. The second-order valence-corrected chi connectivity index (χ2v) is 2.44. The third-order valence-electron chi connectivity index (χ3n) is 1.60. The first-order valence-electron chi connectivity index (χ1n) is 3.75. The predicted molar refractivity (Wildman–Crippen MR) is 42.7 cm³/mol. The van der Waals surface area contributed by atoms with Crippen LogP contribution in [0.4, 0.5) is 4.39 Å². The number of alkyl halides is 1. The molecule has 6 heteroatoms. The number of ether oxygens (including phenoxy) is 2. The van der Waals surface area contributed by atoms with E-state index in [1.165, 1.54) is 0 Å². The first-order valence-corrected chi connectivity index (χ1v) is 3.75. The predicted octanol–water partition coefficient (Wildman–Crippen LogP) is 0.344. The number of methoxy groups -OCH3 is 2. The van der Waals surface area contributed by atoms with E-state index in [0.717, 1.165) is 14.2 Å². The highest BCUT2D eigenvalue weighted by atomic mass is 19.1. The van der Waals surface area contributed by atoms with Gasteiger partial charge in [-0.2, -0.15) is 5.26 Å². The van der Waals surface area contributed by atoms with E-state index in [4.69, 9.17) is 5.26 Å². The molecule has 78 valence electrons. The van der Waals surface area contributed by atoms with Crippen molar-refractivity contribution in [1.29, 1.82) is 5.26 Å². The number of esters is 2. The highest BCUT2D eigenvalue weighted by Crippen LogP contribution is 2.21. The number of carbonyl (C=O) groups is 2. The van der Waals surface area contributed by atoms with Gasteiger partial charge >= 0.3 is 17.6 Å². The molecule has 0 spiro atoms. The SMILES string of the molecule is COC(=O)C(F)(CCC#N)C(=O)OC. The maximum absolute atomic E-state index is 13.7. The van der Waals surface area contributed by atoms with Gasteiger partial charge < -0.3 is 9.47 Å². The lowest BCUT2D eigenvalue weighted by molar-refractivity contribution is -0.171. The van der Waals surface area contributed by atoms with Gasteiger partial charge in [0.25, 0.3) is 0 Å². The third-order valence-corrected chi connectivity index (χ3v) is 1.60. The topological polar surface area (TPSA) is 76.4 Å². The summed E-state index contributed by atoms with van der Waals surface area (Å²) in [6, 6.07) is 1.63. The molecule has 0 aromatic carbocycles. The zero-order chi connectivity index (χ0) is 11.2. The molecule has 0 aromatic heterocycles. The molecule has 0 saturated carbocycles. The van der Waals surface area contributed by atoms with Crippen LogP contribution in [0.2, 0.25) is 0 Å². The Morgan fingerprint density at radius 3 is 2.07 bits per heavy atom. The molecular weight excluding hydrogens is 193 g/mol. The van der Waals surface area contributed by atoms with E-state index in [2.05, 4.69) is 9.47 Å². The van der Waals surface area contributed by atoms with E-state index < -0.39 is 24.0 Å². The first-order chi connectivity index (χ1) is 6.52. The summed E-state index contributed by atoms with van der Waals surface area (Å²) in [7, 11) is 1.90. The Labute approximate surface area is 80.4 Å². The minimum Gasteiger partial charge on any atom is -0.466 e. The van der Waals surface area contributed by atoms with Gasteiger partial charge in [-0.3, -0.25) is 0 Å². The Hall–Kier alpha value is -1.64. The van der Waals surface area contributed by atoms with Crippen molar-refractivity contribution < 1.29 is 23.5 Å². The van der Waals surface area contributed by atoms with E-state index in [-0.39, 0.29) is 6.42 Å². The van der Waals surface area contributed by atoms with Gasteiger partial charge in [0.2, 0.25) is 0 Å². The molecule has 14 heavy (non-hydrogen) atoms. The normalized spacial score (nSPS) is 10.1. The van der Waals surface area contributed by atoms with Crippen LogP contribution in [0.15, 0.2) is 0 Å². The molecule has 0 aliphatic carbocycles. The summed E-state index contributed by atoms with van der Waals surface area (Å²) in [6.07, 6.45) is -0.844. The Balaban J connectivity index is 4.76. The average Bonchev–Trinajstić information content (AvgIpc) is 2.23. The van der Waals surface area contributed by atoms with Crippen molar-refractivity contribution in [3.05, 3.63) is 0 Å². The summed E-state index contributed by atoms with van der Waals surface area (Å²) in [4.78, 5) is 21.9. The fourth-order valence-corrected chi connectivity index (χ4v) is 0.839. The molecule has 0 aliphatic rings. The Morgan fingerprint density at radius 1 is 1.36 bits per heavy atom. The second kappa shape index (κ2) is 5.17. The van der Waals surface area contributed by atoms with E-state index in [0.29, 0.717) is 0 Å². The van der Waals surface area contributed by atoms with Gasteiger partial charge in [-0.1, -0.05) is 0 Å². The van der Waals surface area contributed by atoms with Crippen molar-refractivity contribution in [1.82, 2.24) is 0 Å². The highest BCUT2D eigenvalue weighted by Gasteiger charge is 2.48. The number of carbonyl (C=O) groups excluding carboxylic acids is 2. The van der Waals surface area contributed by atoms with Crippen LogP contribution in [0.1, 0.15) is 12.8 Å². The maximum Gasteiger partial charge on any atom is 0.355 e. The van der Waals surface area contributed by atoms with Crippen LogP contribution in [-0.4, -0.2) is 31.8 Å². The molecule has 0 radical (unpaired) electrons. The molecule has 0 bridgehead atoms. The minimum atomic E-state index is -2.88. The van der Waals surface area contributed by atoms with Crippen molar-refractivity contribution in [3.63, 3.8) is 0 Å². The molecule has 5 nitrogen and oxygen atoms in total. The van der Waals surface area contributed by atoms with Crippen molar-refractivity contribution in [2.45, 2.75) is 18.5 Å². The summed E-state index contributed by atoms with van der Waals surface area (Å²) in [5.74, 6) is -2.70. The zero-order valence-corrected chi connectivity index (χ0v) is 7.87. The number of hydrogen-bond donors (Lipinski definition) is 0. The molecule has 0 unspecified atom stereocenters. The molecule has 0 heterocycles. The zero-order valence-electron chi connectivity index (χ0n) is 7.87. The van der Waals surface area contributed by atoms with Gasteiger partial charge in [0, 0.05) is 12.8 Å². The van der Waals surface area contributed by atoms with Gasteiger partial charge in [0.15, 0.2) is 0 Å². The lowest BCUT2D eigenvalue weighted by Crippen LogP contribution is -2.44. The van der Waals surface area contributed by atoms with Crippen LogP contribution in [0.25, 0.3) is 0 Å². The van der Waals surface area contributed by atoms with Crippen LogP contribution in [0.5, 0.6) is 0 Å². The van der Waals surface area contributed by atoms with Gasteiger partial charge in [0.05, 0.1) is 20.3 Å². The number of nitriles is 1. The highest BCUT2D eigenvalue weighted by molar-refractivity contribution is 6.03. The van der Waals surface area contributed by atoms with Crippen molar-refractivity contribution in [2.75, 3.05) is 14.2 Å². The van der Waals surface area contributed by atoms with Crippen LogP contribution in [-0.2, 0) is 19.1 Å². The summed E-state index contributed by atoms with van der Waals surface area (Å²) in [5.41, 5.74) is -2.88. The Morgan fingerprint density at radius 2 is 1.79 bits per heavy atom. The quantitative estimate of drug-likeness (QED) is 0.486. The van der Waals surface area contributed by atoms with Gasteiger partial charge in [0.1, 0.15) is 0 Å². The molecule has 0 rings (SSSR count). The smallest absolute Gasteiger partial charge is 0.355 e. The standard InChI is InChI=1S/C8H10FNO4/c1-13-6(11)8(9,4-3-5-10)7(12)14-2/h3-4H2,1-2H3.